The van der Waals surface area contributed by atoms with Gasteiger partial charge in [0.05, 0.1) is 22.2 Å². The number of carbonyl (C=O) groups is 1. The Kier molecular flexibility index (Phi) is 6.32. The van der Waals surface area contributed by atoms with Crippen LogP contribution in [0, 0.1) is 0 Å². The van der Waals surface area contributed by atoms with E-state index in [-0.39, 0.29) is 23.2 Å². The SMILES string of the molecule is CC(C)Oc1ccc(-n2c(C(=O)O)c(Cl)c3cc(Cc4cccc(C(F)(F)F)c4)ccc32)cc1. The molecule has 0 unspecified atom stereocenters. The lowest BCUT2D eigenvalue weighted by Crippen LogP contribution is -2.08. The number of nitrogens with zero attached hydrogens (tertiary/aromatic N) is 1. The van der Waals surface area contributed by atoms with Crippen LogP contribution in [0.3, 0.4) is 0 Å². The molecule has 1 heterocycles. The van der Waals surface area contributed by atoms with Crippen molar-refractivity contribution < 1.29 is 27.8 Å². The van der Waals surface area contributed by atoms with Gasteiger partial charge in [0.2, 0.25) is 0 Å². The van der Waals surface area contributed by atoms with Crippen LogP contribution in [0.5, 0.6) is 5.75 Å². The molecule has 0 saturated heterocycles. The lowest BCUT2D eigenvalue weighted by molar-refractivity contribution is -0.137. The molecule has 8 heteroatoms. The maximum atomic E-state index is 13.1. The van der Waals surface area contributed by atoms with Crippen molar-refractivity contribution in [1.29, 1.82) is 0 Å². The van der Waals surface area contributed by atoms with Crippen LogP contribution in [-0.2, 0) is 12.6 Å². The zero-order valence-corrected chi connectivity index (χ0v) is 19.1. The molecule has 0 aliphatic rings. The van der Waals surface area contributed by atoms with Crippen LogP contribution in [0.25, 0.3) is 16.6 Å². The molecule has 4 nitrogen and oxygen atoms in total. The standard InChI is InChI=1S/C26H21ClF3NO3/c1-15(2)34-20-9-7-19(8-10-20)31-22-11-6-17(14-21(22)23(27)24(31)25(32)33)12-16-4-3-5-18(13-16)26(28,29)30/h3-11,13-15H,12H2,1-2H3,(H,32,33). The molecule has 1 aromatic heterocycles. The van der Waals surface area contributed by atoms with Gasteiger partial charge in [0.25, 0.3) is 0 Å². The van der Waals surface area contributed by atoms with Crippen LogP contribution in [0.15, 0.2) is 66.7 Å². The minimum atomic E-state index is -4.42. The number of rotatable bonds is 6. The first kappa shape index (κ1) is 23.7. The number of benzene rings is 3. The van der Waals surface area contributed by atoms with E-state index in [2.05, 4.69) is 0 Å². The Hall–Kier alpha value is -3.45. The van der Waals surface area contributed by atoms with Crippen LogP contribution in [0.2, 0.25) is 5.02 Å². The molecule has 0 bridgehead atoms. The first-order valence-corrected chi connectivity index (χ1v) is 10.9. The van der Waals surface area contributed by atoms with E-state index >= 15 is 0 Å². The molecule has 4 aromatic rings. The Balaban J connectivity index is 1.76. The molecular weight excluding hydrogens is 467 g/mol. The third kappa shape index (κ3) is 4.75. The van der Waals surface area contributed by atoms with Crippen molar-refractivity contribution >= 4 is 28.5 Å². The van der Waals surface area contributed by atoms with Gasteiger partial charge in [0.1, 0.15) is 5.75 Å². The Bertz CT molecular complexity index is 1360. The monoisotopic (exact) mass is 487 g/mol. The molecule has 0 aliphatic heterocycles. The second-order valence-electron chi connectivity index (χ2n) is 8.19. The van der Waals surface area contributed by atoms with Gasteiger partial charge in [-0.3, -0.25) is 0 Å². The lowest BCUT2D eigenvalue weighted by atomic mass is 10.0. The summed E-state index contributed by atoms with van der Waals surface area (Å²) < 4.78 is 46.4. The van der Waals surface area contributed by atoms with Gasteiger partial charge in [-0.1, -0.05) is 35.9 Å². The number of carboxylic acid groups (broad SMARTS) is 1. The summed E-state index contributed by atoms with van der Waals surface area (Å²) in [7, 11) is 0. The largest absolute Gasteiger partial charge is 0.491 e. The van der Waals surface area contributed by atoms with Gasteiger partial charge in [0.15, 0.2) is 5.69 Å². The number of hydrogen-bond acceptors (Lipinski definition) is 2. The predicted octanol–water partition coefficient (Wildman–Crippen LogP) is 7.38. The van der Waals surface area contributed by atoms with Gasteiger partial charge in [0, 0.05) is 11.1 Å². The van der Waals surface area contributed by atoms with Crippen molar-refractivity contribution in [2.24, 2.45) is 0 Å². The highest BCUT2D eigenvalue weighted by atomic mass is 35.5. The fourth-order valence-corrected chi connectivity index (χ4v) is 4.22. The Morgan fingerprint density at radius 1 is 1.03 bits per heavy atom. The highest BCUT2D eigenvalue weighted by Gasteiger charge is 2.30. The van der Waals surface area contributed by atoms with Crippen molar-refractivity contribution in [3.8, 4) is 11.4 Å². The Labute approximate surface area is 199 Å². The Morgan fingerprint density at radius 3 is 2.32 bits per heavy atom. The van der Waals surface area contributed by atoms with Crippen molar-refractivity contribution in [2.75, 3.05) is 0 Å². The second kappa shape index (κ2) is 9.06. The number of carboxylic acids is 1. The number of hydrogen-bond donors (Lipinski definition) is 1. The number of aromatic nitrogens is 1. The summed E-state index contributed by atoms with van der Waals surface area (Å²) in [5.74, 6) is -0.537. The molecule has 0 atom stereocenters. The van der Waals surface area contributed by atoms with E-state index in [1.165, 1.54) is 6.07 Å². The van der Waals surface area contributed by atoms with Crippen molar-refractivity contribution in [3.63, 3.8) is 0 Å². The Morgan fingerprint density at radius 2 is 1.71 bits per heavy atom. The summed E-state index contributed by atoms with van der Waals surface area (Å²) in [6.45, 7) is 3.82. The van der Waals surface area contributed by atoms with E-state index in [1.54, 1.807) is 53.1 Å². The van der Waals surface area contributed by atoms with Gasteiger partial charge in [-0.15, -0.1) is 0 Å². The number of alkyl halides is 3. The van der Waals surface area contributed by atoms with Gasteiger partial charge < -0.3 is 14.4 Å². The second-order valence-corrected chi connectivity index (χ2v) is 8.57. The average molecular weight is 488 g/mol. The van der Waals surface area contributed by atoms with Gasteiger partial charge in [-0.05, 0) is 73.9 Å². The molecule has 0 radical (unpaired) electrons. The molecule has 0 fully saturated rings. The molecule has 3 aromatic carbocycles. The molecule has 176 valence electrons. The summed E-state index contributed by atoms with van der Waals surface area (Å²) in [6.07, 6.45) is -4.19. The lowest BCUT2D eigenvalue weighted by Gasteiger charge is -2.12. The first-order chi connectivity index (χ1) is 16.0. The zero-order valence-electron chi connectivity index (χ0n) is 18.4. The third-order valence-corrected chi connectivity index (χ3v) is 5.68. The molecule has 0 aliphatic carbocycles. The number of halogens is 4. The number of aromatic carboxylic acids is 1. The zero-order chi connectivity index (χ0) is 24.6. The van der Waals surface area contributed by atoms with E-state index in [0.717, 1.165) is 12.1 Å². The third-order valence-electron chi connectivity index (χ3n) is 5.30. The van der Waals surface area contributed by atoms with Gasteiger partial charge in [-0.25, -0.2) is 4.79 Å². The van der Waals surface area contributed by atoms with Crippen LogP contribution in [-0.4, -0.2) is 21.7 Å². The van der Waals surface area contributed by atoms with Gasteiger partial charge in [-0.2, -0.15) is 13.2 Å². The van der Waals surface area contributed by atoms with Crippen molar-refractivity contribution in [2.45, 2.75) is 32.5 Å². The van der Waals surface area contributed by atoms with E-state index in [1.807, 2.05) is 13.8 Å². The van der Waals surface area contributed by atoms with Crippen LogP contribution >= 0.6 is 11.6 Å². The minimum Gasteiger partial charge on any atom is -0.491 e. The van der Waals surface area contributed by atoms with Crippen LogP contribution < -0.4 is 4.74 Å². The summed E-state index contributed by atoms with van der Waals surface area (Å²) in [5, 5.41) is 10.4. The molecule has 34 heavy (non-hydrogen) atoms. The van der Waals surface area contributed by atoms with Crippen LogP contribution in [0.4, 0.5) is 13.2 Å². The van der Waals surface area contributed by atoms with E-state index in [9.17, 15) is 23.1 Å². The van der Waals surface area contributed by atoms with E-state index < -0.39 is 17.7 Å². The molecule has 0 saturated carbocycles. The van der Waals surface area contributed by atoms with Gasteiger partial charge >= 0.3 is 12.1 Å². The smallest absolute Gasteiger partial charge is 0.416 e. The number of fused-ring (bicyclic) bond motifs is 1. The summed E-state index contributed by atoms with van der Waals surface area (Å²) >= 11 is 6.49. The van der Waals surface area contributed by atoms with E-state index in [4.69, 9.17) is 16.3 Å². The highest BCUT2D eigenvalue weighted by Crippen LogP contribution is 2.35. The quantitative estimate of drug-likeness (QED) is 0.309. The predicted molar refractivity (Wildman–Crippen MR) is 125 cm³/mol. The minimum absolute atomic E-state index is 0.00229. The average Bonchev–Trinajstić information content (AvgIpc) is 3.06. The van der Waals surface area contributed by atoms with Crippen LogP contribution in [0.1, 0.15) is 41.0 Å². The molecule has 1 N–H and O–H groups in total. The summed E-state index contributed by atoms with van der Waals surface area (Å²) in [4.78, 5) is 12.1. The highest BCUT2D eigenvalue weighted by molar-refractivity contribution is 6.38. The topological polar surface area (TPSA) is 51.5 Å². The molecule has 0 spiro atoms. The molecule has 4 rings (SSSR count). The van der Waals surface area contributed by atoms with E-state index in [0.29, 0.717) is 33.5 Å². The van der Waals surface area contributed by atoms with Crippen molar-refractivity contribution in [3.05, 3.63) is 94.1 Å². The maximum Gasteiger partial charge on any atom is 0.416 e. The summed E-state index contributed by atoms with van der Waals surface area (Å²) in [6, 6.07) is 17.3. The number of ether oxygens (including phenoxy) is 1. The summed E-state index contributed by atoms with van der Waals surface area (Å²) in [5.41, 5.74) is 1.56. The molecule has 0 amide bonds. The first-order valence-electron chi connectivity index (χ1n) is 10.5. The maximum absolute atomic E-state index is 13.1. The molecular formula is C26H21ClF3NO3. The fourth-order valence-electron chi connectivity index (χ4n) is 3.91. The normalized spacial score (nSPS) is 11.9. The van der Waals surface area contributed by atoms with Crippen molar-refractivity contribution in [1.82, 2.24) is 4.57 Å². The fraction of sp³-hybridized carbons (Fsp3) is 0.192.